The fourth-order valence-corrected chi connectivity index (χ4v) is 2.70. The summed E-state index contributed by atoms with van der Waals surface area (Å²) in [5.41, 5.74) is 0.943. The standard InChI is InChI=1S/C19H22N2O5/c1-5-10-26-14-9-8-13(11-15(14)24-6-2)17-16(18(22)25-7-3)12(4)20-19(23)21-17/h1,8-9,11,16-17H,4,6-7,10H2,2-3H3,(H2,20,21,23)/t16-,17+/m1/s1. The minimum atomic E-state index is -0.764. The summed E-state index contributed by atoms with van der Waals surface area (Å²) in [5.74, 6) is 2.12. The molecule has 0 saturated carbocycles. The van der Waals surface area contributed by atoms with Crippen LogP contribution < -0.4 is 20.1 Å². The van der Waals surface area contributed by atoms with Gasteiger partial charge in [0.25, 0.3) is 0 Å². The Labute approximate surface area is 152 Å². The van der Waals surface area contributed by atoms with Crippen molar-refractivity contribution in [3.05, 3.63) is 36.0 Å². The van der Waals surface area contributed by atoms with Crippen molar-refractivity contribution in [3.8, 4) is 23.8 Å². The third-order valence-corrected chi connectivity index (χ3v) is 3.75. The Morgan fingerprint density at radius 1 is 1.27 bits per heavy atom. The first kappa shape index (κ1) is 19.2. The molecule has 7 heteroatoms. The van der Waals surface area contributed by atoms with Crippen molar-refractivity contribution >= 4 is 12.0 Å². The highest BCUT2D eigenvalue weighted by Gasteiger charge is 2.39. The summed E-state index contributed by atoms with van der Waals surface area (Å²) in [6.07, 6.45) is 5.23. The number of esters is 1. The van der Waals surface area contributed by atoms with Crippen LogP contribution in [0.2, 0.25) is 0 Å². The Kier molecular flexibility index (Phi) is 6.50. The number of benzene rings is 1. The molecule has 1 aliphatic rings. The highest BCUT2D eigenvalue weighted by atomic mass is 16.5. The van der Waals surface area contributed by atoms with E-state index in [1.165, 1.54) is 0 Å². The van der Waals surface area contributed by atoms with Crippen LogP contribution in [0.3, 0.4) is 0 Å². The third-order valence-electron chi connectivity index (χ3n) is 3.75. The third kappa shape index (κ3) is 4.28. The highest BCUT2D eigenvalue weighted by molar-refractivity contribution is 5.85. The second-order valence-electron chi connectivity index (χ2n) is 5.46. The minimum Gasteiger partial charge on any atom is -0.490 e. The van der Waals surface area contributed by atoms with E-state index < -0.39 is 24.0 Å². The van der Waals surface area contributed by atoms with Gasteiger partial charge in [0.05, 0.1) is 19.3 Å². The number of rotatable bonds is 7. The molecule has 138 valence electrons. The normalized spacial score (nSPS) is 19.0. The van der Waals surface area contributed by atoms with Crippen molar-refractivity contribution in [3.63, 3.8) is 0 Å². The van der Waals surface area contributed by atoms with Crippen molar-refractivity contribution in [2.75, 3.05) is 19.8 Å². The Morgan fingerprint density at radius 2 is 2.04 bits per heavy atom. The minimum absolute atomic E-state index is 0.103. The summed E-state index contributed by atoms with van der Waals surface area (Å²) in [4.78, 5) is 24.3. The Bertz CT molecular complexity index is 738. The topological polar surface area (TPSA) is 85.9 Å². The quantitative estimate of drug-likeness (QED) is 0.576. The fraction of sp³-hybridized carbons (Fsp3) is 0.368. The molecular formula is C19H22N2O5. The molecule has 2 atom stereocenters. The molecule has 2 N–H and O–H groups in total. The van der Waals surface area contributed by atoms with Gasteiger partial charge in [-0.2, -0.15) is 0 Å². The van der Waals surface area contributed by atoms with E-state index >= 15 is 0 Å². The number of urea groups is 1. The van der Waals surface area contributed by atoms with Crippen LogP contribution in [0, 0.1) is 18.3 Å². The van der Waals surface area contributed by atoms with Gasteiger partial charge in [-0.05, 0) is 31.5 Å². The predicted molar refractivity (Wildman–Crippen MR) is 95.6 cm³/mol. The van der Waals surface area contributed by atoms with Crippen LogP contribution in [-0.4, -0.2) is 31.8 Å². The monoisotopic (exact) mass is 358 g/mol. The molecule has 0 spiro atoms. The Hall–Kier alpha value is -3.14. The van der Waals surface area contributed by atoms with Crippen LogP contribution in [0.4, 0.5) is 4.79 Å². The van der Waals surface area contributed by atoms with Gasteiger partial charge in [0.1, 0.15) is 12.5 Å². The maximum atomic E-state index is 12.4. The molecule has 0 aliphatic carbocycles. The van der Waals surface area contributed by atoms with E-state index in [4.69, 9.17) is 20.6 Å². The number of nitrogens with one attached hydrogen (secondary N) is 2. The molecule has 0 radical (unpaired) electrons. The summed E-state index contributed by atoms with van der Waals surface area (Å²) >= 11 is 0. The number of amides is 2. The number of ether oxygens (including phenoxy) is 3. The zero-order valence-corrected chi connectivity index (χ0v) is 14.8. The molecule has 1 saturated heterocycles. The van der Waals surface area contributed by atoms with Crippen LogP contribution >= 0.6 is 0 Å². The first-order chi connectivity index (χ1) is 12.5. The smallest absolute Gasteiger partial charge is 0.319 e. The largest absolute Gasteiger partial charge is 0.490 e. The van der Waals surface area contributed by atoms with Gasteiger partial charge in [-0.15, -0.1) is 6.42 Å². The van der Waals surface area contributed by atoms with Gasteiger partial charge in [-0.3, -0.25) is 4.79 Å². The zero-order valence-electron chi connectivity index (χ0n) is 14.8. The zero-order chi connectivity index (χ0) is 19.1. The van der Waals surface area contributed by atoms with Crippen LogP contribution in [-0.2, 0) is 9.53 Å². The van der Waals surface area contributed by atoms with E-state index in [0.29, 0.717) is 23.7 Å². The lowest BCUT2D eigenvalue weighted by atomic mass is 9.89. The van der Waals surface area contributed by atoms with Gasteiger partial charge in [-0.25, -0.2) is 4.79 Å². The van der Waals surface area contributed by atoms with E-state index in [1.807, 2.05) is 6.92 Å². The van der Waals surface area contributed by atoms with Crippen LogP contribution in [0.25, 0.3) is 0 Å². The summed E-state index contributed by atoms with van der Waals surface area (Å²) in [7, 11) is 0. The number of carbonyl (C=O) groups excluding carboxylic acids is 2. The van der Waals surface area contributed by atoms with Crippen LogP contribution in [0.15, 0.2) is 30.5 Å². The van der Waals surface area contributed by atoms with Crippen molar-refractivity contribution in [2.24, 2.45) is 5.92 Å². The number of carbonyl (C=O) groups is 2. The molecule has 2 amide bonds. The lowest BCUT2D eigenvalue weighted by molar-refractivity contribution is -0.147. The summed E-state index contributed by atoms with van der Waals surface area (Å²) < 4.78 is 16.2. The number of hydrogen-bond donors (Lipinski definition) is 2. The van der Waals surface area contributed by atoms with Gasteiger partial charge < -0.3 is 24.8 Å². The van der Waals surface area contributed by atoms with Gasteiger partial charge >= 0.3 is 12.0 Å². The first-order valence-corrected chi connectivity index (χ1v) is 8.27. The van der Waals surface area contributed by atoms with Crippen molar-refractivity contribution < 1.29 is 23.8 Å². The van der Waals surface area contributed by atoms with E-state index in [-0.39, 0.29) is 18.9 Å². The Morgan fingerprint density at radius 3 is 2.69 bits per heavy atom. The molecule has 0 aromatic heterocycles. The molecular weight excluding hydrogens is 336 g/mol. The molecule has 1 aromatic rings. The van der Waals surface area contributed by atoms with E-state index in [1.54, 1.807) is 25.1 Å². The average molecular weight is 358 g/mol. The van der Waals surface area contributed by atoms with E-state index in [2.05, 4.69) is 23.1 Å². The predicted octanol–water partition coefficient (Wildman–Crippen LogP) is 2.14. The SMILES string of the molecule is C#CCOc1ccc([C@@H]2NC(=O)NC(=C)[C@H]2C(=O)OCC)cc1OCC. The maximum Gasteiger partial charge on any atom is 0.319 e. The highest BCUT2D eigenvalue weighted by Crippen LogP contribution is 2.36. The maximum absolute atomic E-state index is 12.4. The van der Waals surface area contributed by atoms with Gasteiger partial charge in [-0.1, -0.05) is 18.6 Å². The Balaban J connectivity index is 2.39. The van der Waals surface area contributed by atoms with Gasteiger partial charge in [0, 0.05) is 5.70 Å². The molecule has 1 fully saturated rings. The van der Waals surface area contributed by atoms with Crippen LogP contribution in [0.1, 0.15) is 25.5 Å². The van der Waals surface area contributed by atoms with Gasteiger partial charge in [0.2, 0.25) is 0 Å². The second kappa shape index (κ2) is 8.81. The molecule has 1 aromatic carbocycles. The summed E-state index contributed by atoms with van der Waals surface area (Å²) in [6.45, 7) is 8.10. The summed E-state index contributed by atoms with van der Waals surface area (Å²) in [5, 5.41) is 5.27. The lowest BCUT2D eigenvalue weighted by Gasteiger charge is -2.33. The first-order valence-electron chi connectivity index (χ1n) is 8.27. The molecule has 0 unspecified atom stereocenters. The molecule has 7 nitrogen and oxygen atoms in total. The van der Waals surface area contributed by atoms with Crippen molar-refractivity contribution in [1.82, 2.24) is 10.6 Å². The average Bonchev–Trinajstić information content (AvgIpc) is 2.60. The van der Waals surface area contributed by atoms with E-state index in [0.717, 1.165) is 0 Å². The molecule has 26 heavy (non-hydrogen) atoms. The molecule has 1 heterocycles. The molecule has 0 bridgehead atoms. The second-order valence-corrected chi connectivity index (χ2v) is 5.46. The van der Waals surface area contributed by atoms with Crippen molar-refractivity contribution in [1.29, 1.82) is 0 Å². The number of terminal acetylenes is 1. The van der Waals surface area contributed by atoms with Gasteiger partial charge in [0.15, 0.2) is 11.5 Å². The lowest BCUT2D eigenvalue weighted by Crippen LogP contribution is -2.51. The van der Waals surface area contributed by atoms with Crippen molar-refractivity contribution in [2.45, 2.75) is 19.9 Å². The molecule has 2 rings (SSSR count). The van der Waals surface area contributed by atoms with Crippen LogP contribution in [0.5, 0.6) is 11.5 Å². The summed E-state index contributed by atoms with van der Waals surface area (Å²) in [6, 6.07) is 4.06. The molecule has 1 aliphatic heterocycles. The fourth-order valence-electron chi connectivity index (χ4n) is 2.70. The number of hydrogen-bond acceptors (Lipinski definition) is 5. The van der Waals surface area contributed by atoms with E-state index in [9.17, 15) is 9.59 Å².